The first-order chi connectivity index (χ1) is 13.3. The van der Waals surface area contributed by atoms with Gasteiger partial charge in [-0.1, -0.05) is 12.1 Å². The standard InChI is InChI=1S/C19H16F3N5O/c1-11(17(28)24-12-7-8-13-16(9-12)26(2)10-23-13)27-15-6-4-3-5-14(15)25-18(27)19(20,21)22/h3-11H,1-2H3,(H,24,28). The van der Waals surface area contributed by atoms with E-state index in [1.165, 1.54) is 19.1 Å². The summed E-state index contributed by atoms with van der Waals surface area (Å²) in [7, 11) is 1.82. The third-order valence-corrected chi connectivity index (χ3v) is 4.61. The van der Waals surface area contributed by atoms with Gasteiger partial charge in [-0.15, -0.1) is 0 Å². The molecule has 0 saturated carbocycles. The summed E-state index contributed by atoms with van der Waals surface area (Å²) in [5, 5.41) is 2.69. The lowest BCUT2D eigenvalue weighted by atomic mass is 10.2. The molecule has 1 unspecified atom stereocenters. The Morgan fingerprint density at radius 1 is 1.11 bits per heavy atom. The minimum absolute atomic E-state index is 0.186. The number of rotatable bonds is 3. The molecule has 2 aromatic carbocycles. The Hall–Kier alpha value is -3.36. The van der Waals surface area contributed by atoms with Crippen LogP contribution in [0.2, 0.25) is 0 Å². The Kier molecular flexibility index (Phi) is 4.10. The third kappa shape index (κ3) is 2.98. The number of anilines is 1. The third-order valence-electron chi connectivity index (χ3n) is 4.61. The number of fused-ring (bicyclic) bond motifs is 2. The zero-order valence-corrected chi connectivity index (χ0v) is 15.0. The number of carbonyl (C=O) groups is 1. The fourth-order valence-corrected chi connectivity index (χ4v) is 3.20. The van der Waals surface area contributed by atoms with Gasteiger partial charge in [0.15, 0.2) is 0 Å². The molecule has 0 aliphatic heterocycles. The first kappa shape index (κ1) is 18.0. The molecular weight excluding hydrogens is 371 g/mol. The summed E-state index contributed by atoms with van der Waals surface area (Å²) in [5.41, 5.74) is 2.47. The molecule has 2 heterocycles. The van der Waals surface area contributed by atoms with E-state index in [1.807, 2.05) is 7.05 Å². The maximum absolute atomic E-state index is 13.5. The minimum Gasteiger partial charge on any atom is -0.334 e. The van der Waals surface area contributed by atoms with Crippen LogP contribution in [0.5, 0.6) is 0 Å². The topological polar surface area (TPSA) is 64.7 Å². The average Bonchev–Trinajstić information content (AvgIpc) is 3.22. The molecule has 9 heteroatoms. The second kappa shape index (κ2) is 6.36. The van der Waals surface area contributed by atoms with Crippen molar-refractivity contribution < 1.29 is 18.0 Å². The highest BCUT2D eigenvalue weighted by Crippen LogP contribution is 2.34. The first-order valence-electron chi connectivity index (χ1n) is 8.52. The van der Waals surface area contributed by atoms with Crippen molar-refractivity contribution in [3.8, 4) is 0 Å². The number of alkyl halides is 3. The van der Waals surface area contributed by atoms with E-state index in [1.54, 1.807) is 41.2 Å². The number of benzene rings is 2. The molecule has 0 aliphatic rings. The van der Waals surface area contributed by atoms with Crippen LogP contribution in [0.25, 0.3) is 22.1 Å². The van der Waals surface area contributed by atoms with E-state index in [-0.39, 0.29) is 11.0 Å². The molecule has 1 N–H and O–H groups in total. The molecule has 4 rings (SSSR count). The van der Waals surface area contributed by atoms with Gasteiger partial charge in [-0.25, -0.2) is 9.97 Å². The van der Waals surface area contributed by atoms with Gasteiger partial charge < -0.3 is 14.5 Å². The summed E-state index contributed by atoms with van der Waals surface area (Å²) in [6, 6.07) is 10.2. The fraction of sp³-hybridized carbons (Fsp3) is 0.211. The van der Waals surface area contributed by atoms with Gasteiger partial charge in [0.2, 0.25) is 11.7 Å². The molecule has 0 bridgehead atoms. The van der Waals surface area contributed by atoms with E-state index in [2.05, 4.69) is 15.3 Å². The molecule has 0 radical (unpaired) electrons. The molecule has 1 atom stereocenters. The van der Waals surface area contributed by atoms with Crippen molar-refractivity contribution in [2.45, 2.75) is 19.1 Å². The highest BCUT2D eigenvalue weighted by atomic mass is 19.4. The van der Waals surface area contributed by atoms with Crippen molar-refractivity contribution in [2.24, 2.45) is 7.05 Å². The van der Waals surface area contributed by atoms with Gasteiger partial charge >= 0.3 is 6.18 Å². The minimum atomic E-state index is -4.68. The van der Waals surface area contributed by atoms with Crippen molar-refractivity contribution in [3.63, 3.8) is 0 Å². The summed E-state index contributed by atoms with van der Waals surface area (Å²) in [4.78, 5) is 20.6. The van der Waals surface area contributed by atoms with Crippen molar-refractivity contribution in [2.75, 3.05) is 5.32 Å². The predicted octanol–water partition coefficient (Wildman–Crippen LogP) is 4.14. The number of nitrogens with one attached hydrogen (secondary N) is 1. The molecule has 0 saturated heterocycles. The highest BCUT2D eigenvalue weighted by Gasteiger charge is 2.39. The van der Waals surface area contributed by atoms with E-state index in [4.69, 9.17) is 0 Å². The Morgan fingerprint density at radius 2 is 1.86 bits per heavy atom. The van der Waals surface area contributed by atoms with Gasteiger partial charge in [-0.3, -0.25) is 4.79 Å². The van der Waals surface area contributed by atoms with Crippen LogP contribution in [0.1, 0.15) is 18.8 Å². The van der Waals surface area contributed by atoms with Crippen LogP contribution >= 0.6 is 0 Å². The van der Waals surface area contributed by atoms with Crippen LogP contribution in [0.4, 0.5) is 18.9 Å². The smallest absolute Gasteiger partial charge is 0.334 e. The van der Waals surface area contributed by atoms with Crippen LogP contribution in [0.3, 0.4) is 0 Å². The van der Waals surface area contributed by atoms with Gasteiger partial charge in [0.1, 0.15) is 6.04 Å². The zero-order chi connectivity index (χ0) is 20.1. The molecule has 144 valence electrons. The van der Waals surface area contributed by atoms with Crippen molar-refractivity contribution in [1.29, 1.82) is 0 Å². The van der Waals surface area contributed by atoms with E-state index in [0.29, 0.717) is 5.69 Å². The monoisotopic (exact) mass is 387 g/mol. The number of hydrogen-bond donors (Lipinski definition) is 1. The van der Waals surface area contributed by atoms with Crippen molar-refractivity contribution >= 4 is 33.7 Å². The van der Waals surface area contributed by atoms with Crippen LogP contribution in [0, 0.1) is 0 Å². The lowest BCUT2D eigenvalue weighted by molar-refractivity contribution is -0.148. The van der Waals surface area contributed by atoms with E-state index in [0.717, 1.165) is 15.6 Å². The first-order valence-corrected chi connectivity index (χ1v) is 8.52. The largest absolute Gasteiger partial charge is 0.449 e. The molecule has 0 fully saturated rings. The molecule has 0 aliphatic carbocycles. The molecule has 4 aromatic rings. The van der Waals surface area contributed by atoms with Gasteiger partial charge in [0, 0.05) is 12.7 Å². The van der Waals surface area contributed by atoms with E-state index >= 15 is 0 Å². The number of carbonyl (C=O) groups excluding carboxylic acids is 1. The number of halogens is 3. The second-order valence-corrected chi connectivity index (χ2v) is 6.52. The van der Waals surface area contributed by atoms with Gasteiger partial charge in [0.25, 0.3) is 0 Å². The lowest BCUT2D eigenvalue weighted by Gasteiger charge is -2.18. The Balaban J connectivity index is 1.71. The van der Waals surface area contributed by atoms with Crippen LogP contribution in [0.15, 0.2) is 48.8 Å². The number of nitrogens with zero attached hydrogens (tertiary/aromatic N) is 4. The maximum Gasteiger partial charge on any atom is 0.449 e. The molecule has 28 heavy (non-hydrogen) atoms. The molecular formula is C19H16F3N5O. The number of aryl methyl sites for hydroxylation is 1. The Bertz CT molecular complexity index is 1190. The highest BCUT2D eigenvalue weighted by molar-refractivity contribution is 5.96. The van der Waals surface area contributed by atoms with Crippen LogP contribution in [-0.4, -0.2) is 25.0 Å². The number of hydrogen-bond acceptors (Lipinski definition) is 3. The SMILES string of the molecule is CC(C(=O)Nc1ccc2ncn(C)c2c1)n1c(C(F)(F)F)nc2ccccc21. The van der Waals surface area contributed by atoms with E-state index in [9.17, 15) is 18.0 Å². The summed E-state index contributed by atoms with van der Waals surface area (Å²) in [6.45, 7) is 1.42. The molecule has 6 nitrogen and oxygen atoms in total. The summed E-state index contributed by atoms with van der Waals surface area (Å²) >= 11 is 0. The van der Waals surface area contributed by atoms with Crippen LogP contribution < -0.4 is 5.32 Å². The van der Waals surface area contributed by atoms with Gasteiger partial charge in [0.05, 0.1) is 28.4 Å². The van der Waals surface area contributed by atoms with Crippen LogP contribution in [-0.2, 0) is 18.0 Å². The number of aromatic nitrogens is 4. The van der Waals surface area contributed by atoms with E-state index < -0.39 is 23.9 Å². The second-order valence-electron chi connectivity index (χ2n) is 6.52. The summed E-state index contributed by atoms with van der Waals surface area (Å²) < 4.78 is 43.2. The normalized spacial score (nSPS) is 13.2. The van der Waals surface area contributed by atoms with Gasteiger partial charge in [-0.05, 0) is 37.3 Å². The molecule has 0 spiro atoms. The number of imidazole rings is 2. The maximum atomic E-state index is 13.5. The summed E-state index contributed by atoms with van der Waals surface area (Å²) in [6.07, 6.45) is -3.03. The fourth-order valence-electron chi connectivity index (χ4n) is 3.20. The van der Waals surface area contributed by atoms with Gasteiger partial charge in [-0.2, -0.15) is 13.2 Å². The average molecular weight is 387 g/mol. The van der Waals surface area contributed by atoms with Crippen molar-refractivity contribution in [1.82, 2.24) is 19.1 Å². The number of amides is 1. The Morgan fingerprint density at radius 3 is 2.61 bits per heavy atom. The lowest BCUT2D eigenvalue weighted by Crippen LogP contribution is -2.27. The molecule has 2 aromatic heterocycles. The molecule has 1 amide bonds. The van der Waals surface area contributed by atoms with Crippen molar-refractivity contribution in [3.05, 3.63) is 54.6 Å². The predicted molar refractivity (Wildman–Crippen MR) is 98.8 cm³/mol. The number of para-hydroxylation sites is 2. The zero-order valence-electron chi connectivity index (χ0n) is 15.0. The Labute approximate surface area is 157 Å². The summed E-state index contributed by atoms with van der Waals surface area (Å²) in [5.74, 6) is -1.67. The quantitative estimate of drug-likeness (QED) is 0.575.